The number of nitrogens with one attached hydrogen (secondary N) is 2. The molecule has 1 saturated heterocycles. The second-order valence-corrected chi connectivity index (χ2v) is 14.9. The van der Waals surface area contributed by atoms with E-state index in [0.29, 0.717) is 12.5 Å². The predicted octanol–water partition coefficient (Wildman–Crippen LogP) is 4.65. The summed E-state index contributed by atoms with van der Waals surface area (Å²) in [6.07, 6.45) is 7.18. The molecule has 12 nitrogen and oxygen atoms in total. The minimum Gasteiger partial charge on any atom is -0.488 e. The van der Waals surface area contributed by atoms with Crippen LogP contribution in [0.5, 0.6) is 5.75 Å². The molecule has 0 unspecified atom stereocenters. The van der Waals surface area contributed by atoms with E-state index in [2.05, 4.69) is 49.7 Å². The number of carbonyl (C=O) groups excluding carboxylic acids is 1. The van der Waals surface area contributed by atoms with Crippen LogP contribution in [0.15, 0.2) is 29.6 Å². The Kier molecular flexibility index (Phi) is 9.38. The molecule has 1 saturated carbocycles. The van der Waals surface area contributed by atoms with Crippen LogP contribution >= 0.6 is 11.6 Å². The van der Waals surface area contributed by atoms with E-state index in [-0.39, 0.29) is 39.5 Å². The molecule has 2 aliphatic rings. The molecule has 1 aromatic carbocycles. The molecule has 2 aromatic heterocycles. The molecule has 0 radical (unpaired) electrons. The van der Waals surface area contributed by atoms with Crippen LogP contribution < -0.4 is 15.4 Å². The topological polar surface area (TPSA) is 135 Å². The minimum atomic E-state index is -3.65. The average molecular weight is 645 g/mol. The molecule has 3 aromatic rings. The van der Waals surface area contributed by atoms with Crippen LogP contribution in [0.2, 0.25) is 5.02 Å². The molecule has 0 atom stereocenters. The molecule has 14 heteroatoms. The highest BCUT2D eigenvalue weighted by Gasteiger charge is 2.29. The van der Waals surface area contributed by atoms with Crippen LogP contribution in [0.3, 0.4) is 0 Å². The maximum Gasteiger partial charge on any atom is 0.236 e. The van der Waals surface area contributed by atoms with E-state index < -0.39 is 15.1 Å². The molecule has 5 rings (SSSR count). The van der Waals surface area contributed by atoms with Gasteiger partial charge in [-0.2, -0.15) is 10.1 Å². The number of nitrogens with zero attached hydrogens (tertiary/aromatic N) is 6. The molecular weight excluding hydrogens is 604 g/mol. The van der Waals surface area contributed by atoms with Gasteiger partial charge in [0, 0.05) is 27.3 Å². The third-order valence-electron chi connectivity index (χ3n) is 8.00. The van der Waals surface area contributed by atoms with E-state index in [1.165, 1.54) is 16.4 Å². The summed E-state index contributed by atoms with van der Waals surface area (Å²) in [5.74, 6) is 1.76. The zero-order chi connectivity index (χ0) is 31.8. The summed E-state index contributed by atoms with van der Waals surface area (Å²) in [6.45, 7) is 7.50. The van der Waals surface area contributed by atoms with Crippen molar-refractivity contribution in [3.05, 3.63) is 40.7 Å². The standard InChI is InChI=1S/C30H41ClN8O4S/c1-18(2)44(41,42)29-25(16-38(6)36-29)33-28-23(31)15-32-30(35-28)34-24-13-19(3)22(14-26(24)43-21-7-8-21)20-9-11-39(12-10-20)17-27(40)37(4)5/h13-16,18,20-21H,7-12,17H2,1-6H3,(H2,32,33,34,35). The number of ether oxygens (including phenoxy) is 1. The third kappa shape index (κ3) is 7.27. The van der Waals surface area contributed by atoms with E-state index in [4.69, 9.17) is 16.3 Å². The molecule has 2 fully saturated rings. The molecular formula is C30H41ClN8O4S. The van der Waals surface area contributed by atoms with Crippen LogP contribution in [-0.4, -0.2) is 89.0 Å². The first-order valence-electron chi connectivity index (χ1n) is 14.9. The number of benzene rings is 1. The lowest BCUT2D eigenvalue weighted by Crippen LogP contribution is -2.40. The Hall–Kier alpha value is -3.42. The number of halogens is 1. The maximum absolute atomic E-state index is 12.9. The number of rotatable bonds is 11. The summed E-state index contributed by atoms with van der Waals surface area (Å²) < 4.78 is 33.6. The summed E-state index contributed by atoms with van der Waals surface area (Å²) in [5.41, 5.74) is 3.40. The summed E-state index contributed by atoms with van der Waals surface area (Å²) in [5, 5.41) is 10.0. The van der Waals surface area contributed by atoms with Crippen molar-refractivity contribution < 1.29 is 17.9 Å². The Morgan fingerprint density at radius 2 is 1.84 bits per heavy atom. The zero-order valence-corrected chi connectivity index (χ0v) is 27.7. The first-order chi connectivity index (χ1) is 20.8. The van der Waals surface area contributed by atoms with E-state index in [1.54, 1.807) is 46.1 Å². The SMILES string of the molecule is Cc1cc(Nc2ncc(Cl)c(Nc3cn(C)nc3S(=O)(=O)C(C)C)n2)c(OC2CC2)cc1C1CCN(CC(=O)N(C)C)CC1. The maximum atomic E-state index is 12.9. The van der Waals surface area contributed by atoms with Crippen molar-refractivity contribution in [3.8, 4) is 5.75 Å². The first-order valence-corrected chi connectivity index (χ1v) is 16.8. The number of aryl methyl sites for hydroxylation is 2. The number of likely N-dealkylation sites (N-methyl/N-ethyl adjacent to an activating group) is 1. The summed E-state index contributed by atoms with van der Waals surface area (Å²) in [6, 6.07) is 4.20. The Labute approximate surface area is 264 Å². The Morgan fingerprint density at radius 3 is 2.48 bits per heavy atom. The fourth-order valence-corrected chi connectivity index (χ4v) is 6.43. The van der Waals surface area contributed by atoms with Crippen LogP contribution in [0.1, 0.15) is 56.6 Å². The molecule has 238 valence electrons. The van der Waals surface area contributed by atoms with Gasteiger partial charge in [0.15, 0.2) is 5.82 Å². The van der Waals surface area contributed by atoms with Crippen molar-refractivity contribution in [2.24, 2.45) is 7.05 Å². The number of hydrogen-bond donors (Lipinski definition) is 2. The number of amides is 1. The molecule has 1 amide bonds. The van der Waals surface area contributed by atoms with Gasteiger partial charge in [0.2, 0.25) is 26.7 Å². The predicted molar refractivity (Wildman–Crippen MR) is 171 cm³/mol. The van der Waals surface area contributed by atoms with E-state index >= 15 is 0 Å². The summed E-state index contributed by atoms with van der Waals surface area (Å²) >= 11 is 6.44. The van der Waals surface area contributed by atoms with Gasteiger partial charge < -0.3 is 20.3 Å². The van der Waals surface area contributed by atoms with E-state index in [9.17, 15) is 13.2 Å². The molecule has 1 aliphatic heterocycles. The Balaban J connectivity index is 1.37. The van der Waals surface area contributed by atoms with Crippen molar-refractivity contribution in [3.63, 3.8) is 0 Å². The normalized spacial score (nSPS) is 16.3. The van der Waals surface area contributed by atoms with Gasteiger partial charge in [-0.3, -0.25) is 14.4 Å². The zero-order valence-electron chi connectivity index (χ0n) is 26.1. The van der Waals surface area contributed by atoms with Crippen molar-refractivity contribution in [2.75, 3.05) is 44.4 Å². The van der Waals surface area contributed by atoms with Crippen LogP contribution in [-0.2, 0) is 21.7 Å². The molecule has 0 bridgehead atoms. The number of aromatic nitrogens is 4. The smallest absolute Gasteiger partial charge is 0.236 e. The van der Waals surface area contributed by atoms with Gasteiger partial charge in [0.25, 0.3) is 0 Å². The fourth-order valence-electron chi connectivity index (χ4n) is 5.19. The van der Waals surface area contributed by atoms with Gasteiger partial charge in [0.1, 0.15) is 10.8 Å². The minimum absolute atomic E-state index is 0.0688. The van der Waals surface area contributed by atoms with Gasteiger partial charge >= 0.3 is 0 Å². The van der Waals surface area contributed by atoms with Crippen molar-refractivity contribution in [1.82, 2.24) is 29.5 Å². The second-order valence-electron chi connectivity index (χ2n) is 12.1. The van der Waals surface area contributed by atoms with Crippen molar-refractivity contribution in [2.45, 2.75) is 68.8 Å². The van der Waals surface area contributed by atoms with Crippen LogP contribution in [0, 0.1) is 6.92 Å². The fraction of sp³-hybridized carbons (Fsp3) is 0.533. The quantitative estimate of drug-likeness (QED) is 0.304. The Morgan fingerprint density at radius 1 is 1.14 bits per heavy atom. The number of sulfone groups is 1. The number of carbonyl (C=O) groups is 1. The third-order valence-corrected chi connectivity index (χ3v) is 10.4. The first kappa shape index (κ1) is 32.0. The monoisotopic (exact) mass is 644 g/mol. The molecule has 44 heavy (non-hydrogen) atoms. The lowest BCUT2D eigenvalue weighted by Gasteiger charge is -2.33. The van der Waals surface area contributed by atoms with Crippen LogP contribution in [0.25, 0.3) is 0 Å². The number of hydrogen-bond acceptors (Lipinski definition) is 10. The van der Waals surface area contributed by atoms with Gasteiger partial charge in [-0.15, -0.1) is 0 Å². The van der Waals surface area contributed by atoms with Crippen molar-refractivity contribution in [1.29, 1.82) is 0 Å². The van der Waals surface area contributed by atoms with Crippen LogP contribution in [0.4, 0.5) is 23.1 Å². The summed E-state index contributed by atoms with van der Waals surface area (Å²) in [7, 11) is 1.58. The highest BCUT2D eigenvalue weighted by Crippen LogP contribution is 2.40. The summed E-state index contributed by atoms with van der Waals surface area (Å²) in [4.78, 5) is 25.0. The second kappa shape index (κ2) is 12.9. The molecule has 0 spiro atoms. The molecule has 3 heterocycles. The number of anilines is 4. The van der Waals surface area contributed by atoms with Gasteiger partial charge in [-0.05, 0) is 88.7 Å². The average Bonchev–Trinajstić information content (AvgIpc) is 3.71. The molecule has 1 aliphatic carbocycles. The molecule has 2 N–H and O–H groups in total. The lowest BCUT2D eigenvalue weighted by molar-refractivity contribution is -0.130. The highest BCUT2D eigenvalue weighted by molar-refractivity contribution is 7.92. The van der Waals surface area contributed by atoms with Gasteiger partial charge in [0.05, 0.1) is 35.5 Å². The lowest BCUT2D eigenvalue weighted by atomic mass is 9.86. The Bertz CT molecular complexity index is 1630. The highest BCUT2D eigenvalue weighted by atomic mass is 35.5. The van der Waals surface area contributed by atoms with Crippen molar-refractivity contribution >= 4 is 50.5 Å². The van der Waals surface area contributed by atoms with Gasteiger partial charge in [-0.25, -0.2) is 13.4 Å². The number of likely N-dealkylation sites (tertiary alicyclic amines) is 1. The van der Waals surface area contributed by atoms with E-state index in [1.807, 2.05) is 0 Å². The largest absolute Gasteiger partial charge is 0.488 e. The van der Waals surface area contributed by atoms with Gasteiger partial charge in [-0.1, -0.05) is 11.6 Å². The number of piperidine rings is 1. The van der Waals surface area contributed by atoms with E-state index in [0.717, 1.165) is 55.8 Å².